The highest BCUT2D eigenvalue weighted by molar-refractivity contribution is 5.89. The highest BCUT2D eigenvalue weighted by Crippen LogP contribution is 2.39. The zero-order valence-electron chi connectivity index (χ0n) is 8.97. The molecular weight excluding hydrogens is 180 g/mol. The number of methoxy groups -OCH3 is 1. The molecule has 1 fully saturated rings. The third-order valence-electron chi connectivity index (χ3n) is 3.29. The third kappa shape index (κ3) is 2.14. The minimum atomic E-state index is -0.411. The summed E-state index contributed by atoms with van der Waals surface area (Å²) < 4.78 is 4.64. The molecule has 0 bridgehead atoms. The Bertz CT molecular complexity index is 235. The normalized spacial score (nSPS) is 27.4. The van der Waals surface area contributed by atoms with E-state index in [0.717, 1.165) is 25.7 Å². The second kappa shape index (κ2) is 4.58. The first-order chi connectivity index (χ1) is 6.64. The number of ether oxygens (including phenoxy) is 1. The van der Waals surface area contributed by atoms with Crippen molar-refractivity contribution in [1.29, 1.82) is 0 Å². The molecule has 1 saturated carbocycles. The van der Waals surface area contributed by atoms with E-state index >= 15 is 0 Å². The summed E-state index contributed by atoms with van der Waals surface area (Å²) in [4.78, 5) is 23.0. The van der Waals surface area contributed by atoms with Crippen LogP contribution in [0.1, 0.15) is 45.4 Å². The Morgan fingerprint density at radius 2 is 2.21 bits per heavy atom. The van der Waals surface area contributed by atoms with Gasteiger partial charge in [-0.25, -0.2) is 0 Å². The number of carbonyl (C=O) groups is 2. The summed E-state index contributed by atoms with van der Waals surface area (Å²) >= 11 is 0. The molecule has 1 rings (SSSR count). The van der Waals surface area contributed by atoms with Crippen molar-refractivity contribution >= 4 is 11.8 Å². The van der Waals surface area contributed by atoms with Gasteiger partial charge in [0.05, 0.1) is 13.5 Å². The van der Waals surface area contributed by atoms with E-state index in [0.29, 0.717) is 6.42 Å². The summed E-state index contributed by atoms with van der Waals surface area (Å²) in [5.74, 6) is -0.0150. The van der Waals surface area contributed by atoms with Crippen molar-refractivity contribution in [3.05, 3.63) is 0 Å². The van der Waals surface area contributed by atoms with Gasteiger partial charge in [0.1, 0.15) is 5.78 Å². The molecule has 0 spiro atoms. The molecule has 0 radical (unpaired) electrons. The Labute approximate surface area is 84.8 Å². The van der Waals surface area contributed by atoms with E-state index in [4.69, 9.17) is 0 Å². The number of hydrogen-bond acceptors (Lipinski definition) is 3. The molecule has 0 saturated heterocycles. The third-order valence-corrected chi connectivity index (χ3v) is 3.29. The van der Waals surface area contributed by atoms with Crippen LogP contribution in [0.25, 0.3) is 0 Å². The fourth-order valence-electron chi connectivity index (χ4n) is 2.19. The van der Waals surface area contributed by atoms with Crippen LogP contribution in [0.15, 0.2) is 0 Å². The van der Waals surface area contributed by atoms with E-state index in [1.54, 1.807) is 0 Å². The first kappa shape index (κ1) is 11.2. The second-order valence-electron chi connectivity index (χ2n) is 4.02. The van der Waals surface area contributed by atoms with Crippen molar-refractivity contribution in [2.75, 3.05) is 7.11 Å². The van der Waals surface area contributed by atoms with Crippen LogP contribution in [0.2, 0.25) is 0 Å². The Morgan fingerprint density at radius 1 is 1.50 bits per heavy atom. The highest BCUT2D eigenvalue weighted by Gasteiger charge is 2.40. The summed E-state index contributed by atoms with van der Waals surface area (Å²) in [5, 5.41) is 0. The first-order valence-electron chi connectivity index (χ1n) is 5.25. The molecule has 1 unspecified atom stereocenters. The molecule has 0 aliphatic heterocycles. The lowest BCUT2D eigenvalue weighted by atomic mass is 9.69. The average molecular weight is 198 g/mol. The van der Waals surface area contributed by atoms with Crippen LogP contribution in [0.3, 0.4) is 0 Å². The van der Waals surface area contributed by atoms with Crippen molar-refractivity contribution in [2.45, 2.75) is 45.4 Å². The molecule has 14 heavy (non-hydrogen) atoms. The standard InChI is InChI=1S/C11H18O3/c1-3-11(8-10(13)14-2)7-5-4-6-9(11)12/h3-8H2,1-2H3. The van der Waals surface area contributed by atoms with Gasteiger partial charge in [-0.1, -0.05) is 13.3 Å². The largest absolute Gasteiger partial charge is 0.469 e. The van der Waals surface area contributed by atoms with Gasteiger partial charge in [0.25, 0.3) is 0 Å². The van der Waals surface area contributed by atoms with E-state index in [1.807, 2.05) is 6.92 Å². The van der Waals surface area contributed by atoms with Crippen molar-refractivity contribution in [1.82, 2.24) is 0 Å². The Hall–Kier alpha value is -0.860. The van der Waals surface area contributed by atoms with Crippen LogP contribution in [0.4, 0.5) is 0 Å². The molecule has 1 aliphatic carbocycles. The zero-order valence-corrected chi connectivity index (χ0v) is 8.97. The first-order valence-corrected chi connectivity index (χ1v) is 5.25. The van der Waals surface area contributed by atoms with Crippen LogP contribution < -0.4 is 0 Å². The van der Waals surface area contributed by atoms with Gasteiger partial charge in [-0.3, -0.25) is 9.59 Å². The molecular formula is C11H18O3. The zero-order chi connectivity index (χ0) is 10.6. The van der Waals surface area contributed by atoms with Gasteiger partial charge in [0, 0.05) is 11.8 Å². The van der Waals surface area contributed by atoms with E-state index in [9.17, 15) is 9.59 Å². The van der Waals surface area contributed by atoms with Crippen LogP contribution in [-0.4, -0.2) is 18.9 Å². The van der Waals surface area contributed by atoms with Crippen LogP contribution >= 0.6 is 0 Å². The molecule has 3 nitrogen and oxygen atoms in total. The number of Topliss-reactive ketones (excluding diaryl/α,β-unsaturated/α-hetero) is 1. The quantitative estimate of drug-likeness (QED) is 0.652. The number of hydrogen-bond donors (Lipinski definition) is 0. The molecule has 0 aromatic carbocycles. The van der Waals surface area contributed by atoms with Gasteiger partial charge in [-0.15, -0.1) is 0 Å². The molecule has 0 heterocycles. The van der Waals surface area contributed by atoms with Crippen molar-refractivity contribution in [2.24, 2.45) is 5.41 Å². The number of esters is 1. The maximum atomic E-state index is 11.8. The fraction of sp³-hybridized carbons (Fsp3) is 0.818. The van der Waals surface area contributed by atoms with Gasteiger partial charge >= 0.3 is 5.97 Å². The number of ketones is 1. The van der Waals surface area contributed by atoms with E-state index < -0.39 is 5.41 Å². The molecule has 0 aromatic rings. The summed E-state index contributed by atoms with van der Waals surface area (Å²) in [6.45, 7) is 1.98. The maximum Gasteiger partial charge on any atom is 0.306 e. The molecule has 1 aliphatic rings. The van der Waals surface area contributed by atoms with Crippen molar-refractivity contribution in [3.63, 3.8) is 0 Å². The molecule has 0 aromatic heterocycles. The summed E-state index contributed by atoms with van der Waals surface area (Å²) in [7, 11) is 1.37. The summed E-state index contributed by atoms with van der Waals surface area (Å²) in [6, 6.07) is 0. The number of carbonyl (C=O) groups excluding carboxylic acids is 2. The fourth-order valence-corrected chi connectivity index (χ4v) is 2.19. The van der Waals surface area contributed by atoms with E-state index in [-0.39, 0.29) is 18.2 Å². The monoisotopic (exact) mass is 198 g/mol. The lowest BCUT2D eigenvalue weighted by molar-refractivity contribution is -0.149. The predicted octanol–water partition coefficient (Wildman–Crippen LogP) is 2.09. The molecule has 80 valence electrons. The Kier molecular flexibility index (Phi) is 3.67. The maximum absolute atomic E-state index is 11.8. The van der Waals surface area contributed by atoms with Crippen LogP contribution in [-0.2, 0) is 14.3 Å². The minimum Gasteiger partial charge on any atom is -0.469 e. The molecule has 1 atom stereocenters. The van der Waals surface area contributed by atoms with Gasteiger partial charge in [-0.2, -0.15) is 0 Å². The van der Waals surface area contributed by atoms with E-state index in [2.05, 4.69) is 4.74 Å². The smallest absolute Gasteiger partial charge is 0.306 e. The van der Waals surface area contributed by atoms with Gasteiger partial charge in [0.15, 0.2) is 0 Å². The second-order valence-corrected chi connectivity index (χ2v) is 4.02. The predicted molar refractivity (Wildman–Crippen MR) is 52.8 cm³/mol. The number of rotatable bonds is 3. The summed E-state index contributed by atoms with van der Waals surface area (Å²) in [5.41, 5.74) is -0.411. The Morgan fingerprint density at radius 3 is 2.71 bits per heavy atom. The molecule has 3 heteroatoms. The van der Waals surface area contributed by atoms with Crippen molar-refractivity contribution in [3.8, 4) is 0 Å². The minimum absolute atomic E-state index is 0.247. The summed E-state index contributed by atoms with van der Waals surface area (Å²) in [6.07, 6.45) is 4.51. The Balaban J connectivity index is 2.72. The lowest BCUT2D eigenvalue weighted by Crippen LogP contribution is -2.36. The highest BCUT2D eigenvalue weighted by atomic mass is 16.5. The SMILES string of the molecule is CCC1(CC(=O)OC)CCCCC1=O. The van der Waals surface area contributed by atoms with Gasteiger partial charge < -0.3 is 4.74 Å². The van der Waals surface area contributed by atoms with Gasteiger partial charge in [0.2, 0.25) is 0 Å². The van der Waals surface area contributed by atoms with Gasteiger partial charge in [-0.05, 0) is 19.3 Å². The topological polar surface area (TPSA) is 43.4 Å². The lowest BCUT2D eigenvalue weighted by Gasteiger charge is -2.33. The molecule has 0 N–H and O–H groups in total. The average Bonchev–Trinajstić information content (AvgIpc) is 2.21. The van der Waals surface area contributed by atoms with E-state index in [1.165, 1.54) is 7.11 Å². The molecule has 0 amide bonds. The van der Waals surface area contributed by atoms with Crippen LogP contribution in [0, 0.1) is 5.41 Å². The van der Waals surface area contributed by atoms with Crippen LogP contribution in [0.5, 0.6) is 0 Å². The van der Waals surface area contributed by atoms with Crippen molar-refractivity contribution < 1.29 is 14.3 Å².